The minimum Gasteiger partial charge on any atom is -0.731 e. The molecule has 1 saturated heterocycles. The van der Waals surface area contributed by atoms with Gasteiger partial charge in [-0.15, -0.1) is 23.1 Å². The van der Waals surface area contributed by atoms with Crippen LogP contribution in [0.5, 0.6) is 0 Å². The van der Waals surface area contributed by atoms with E-state index in [1.807, 2.05) is 0 Å². The van der Waals surface area contributed by atoms with Gasteiger partial charge in [-0.05, 0) is 0 Å². The molecule has 0 aliphatic carbocycles. The van der Waals surface area contributed by atoms with Crippen LogP contribution in [0, 0.1) is 0 Å². The predicted molar refractivity (Wildman–Crippen MR) is 103 cm³/mol. The Morgan fingerprint density at radius 2 is 2.17 bits per heavy atom. The van der Waals surface area contributed by atoms with E-state index in [0.717, 1.165) is 23.1 Å². The summed E-state index contributed by atoms with van der Waals surface area (Å²) in [4.78, 5) is 44.1. The molecule has 3 amide bonds. The Bertz CT molecular complexity index is 937. The molecule has 2 atom stereocenters. The second kappa shape index (κ2) is 11.3. The Labute approximate surface area is 202 Å². The molecule has 1 aliphatic heterocycles. The van der Waals surface area contributed by atoms with Crippen molar-refractivity contribution in [1.82, 2.24) is 19.9 Å². The summed E-state index contributed by atoms with van der Waals surface area (Å²) in [5, 5.41) is 8.84. The van der Waals surface area contributed by atoms with Crippen LogP contribution in [0.3, 0.4) is 0 Å². The van der Waals surface area contributed by atoms with Gasteiger partial charge in [0, 0.05) is 24.6 Å². The summed E-state index contributed by atoms with van der Waals surface area (Å²) in [6.07, 6.45) is 0. The van der Waals surface area contributed by atoms with Gasteiger partial charge in [-0.25, -0.2) is 17.7 Å². The number of hydrogen-bond acceptors (Lipinski definition) is 12. The largest absolute Gasteiger partial charge is 1.00 e. The number of hydrogen-bond donors (Lipinski definition) is 3. The van der Waals surface area contributed by atoms with Crippen LogP contribution in [0.15, 0.2) is 10.5 Å². The number of thiazole rings is 1. The third-order valence-electron chi connectivity index (χ3n) is 3.45. The Hall–Kier alpha value is -1.43. The van der Waals surface area contributed by atoms with Crippen molar-refractivity contribution in [3.8, 4) is 0 Å². The topological polar surface area (TPSA) is 196 Å². The molecule has 2 heterocycles. The molecule has 1 aliphatic rings. The third-order valence-corrected chi connectivity index (χ3v) is 6.41. The summed E-state index contributed by atoms with van der Waals surface area (Å²) < 4.78 is 34.2. The van der Waals surface area contributed by atoms with Gasteiger partial charge in [0.1, 0.15) is 24.2 Å². The fraction of sp³-hybridized carbons (Fsp3) is 0.462. The second-order valence-corrected chi connectivity index (χ2v) is 8.84. The molecule has 0 bridgehead atoms. The van der Waals surface area contributed by atoms with E-state index in [2.05, 4.69) is 25.6 Å². The number of amides is 3. The number of anilines is 1. The number of β-lactam (4-membered cyclic amide) rings is 1. The first kappa shape index (κ1) is 26.6. The number of nitrogens with zero attached hydrogens (tertiary/aromatic N) is 3. The number of carbonyl (C=O) groups excluding carboxylic acids is 3. The van der Waals surface area contributed by atoms with Gasteiger partial charge in [0.05, 0.1) is 0 Å². The van der Waals surface area contributed by atoms with E-state index in [0.29, 0.717) is 0 Å². The van der Waals surface area contributed by atoms with Gasteiger partial charge in [0.25, 0.3) is 11.8 Å². The molecule has 0 unspecified atom stereocenters. The van der Waals surface area contributed by atoms with Crippen LogP contribution in [-0.4, -0.2) is 76.5 Å². The van der Waals surface area contributed by atoms with Crippen LogP contribution >= 0.6 is 23.1 Å². The van der Waals surface area contributed by atoms with Crippen molar-refractivity contribution >= 4 is 62.0 Å². The van der Waals surface area contributed by atoms with Crippen molar-refractivity contribution in [3.63, 3.8) is 0 Å². The first-order chi connectivity index (χ1) is 13.6. The quantitative estimate of drug-likeness (QED) is 0.0756. The Balaban J connectivity index is 0.00000450. The average molecular weight is 489 g/mol. The summed E-state index contributed by atoms with van der Waals surface area (Å²) >= 11 is 1.96. The number of nitrogens with two attached hydrogens (primary N) is 1. The van der Waals surface area contributed by atoms with E-state index in [9.17, 15) is 27.4 Å². The van der Waals surface area contributed by atoms with E-state index < -0.39 is 33.5 Å². The molecule has 160 valence electrons. The van der Waals surface area contributed by atoms with Gasteiger partial charge in [-0.1, -0.05) is 5.16 Å². The summed E-state index contributed by atoms with van der Waals surface area (Å²) in [7, 11) is -3.88. The van der Waals surface area contributed by atoms with Gasteiger partial charge in [-0.2, -0.15) is 0 Å². The molecular formula is C13H17N6NaO7S3. The molecule has 1 aromatic rings. The molecule has 13 nitrogen and oxygen atoms in total. The smallest absolute Gasteiger partial charge is 0.731 e. The summed E-state index contributed by atoms with van der Waals surface area (Å²) in [6.45, 7) is 1.48. The van der Waals surface area contributed by atoms with E-state index in [1.165, 1.54) is 19.4 Å². The zero-order chi connectivity index (χ0) is 21.8. The third kappa shape index (κ3) is 6.53. The molecule has 0 spiro atoms. The number of oxime groups is 1. The van der Waals surface area contributed by atoms with Crippen LogP contribution in [0.4, 0.5) is 5.13 Å². The molecular weight excluding hydrogens is 471 g/mol. The van der Waals surface area contributed by atoms with Crippen LogP contribution < -0.4 is 45.9 Å². The Morgan fingerprint density at radius 3 is 2.67 bits per heavy atom. The minimum absolute atomic E-state index is 0. The van der Waals surface area contributed by atoms with Crippen LogP contribution in [0.1, 0.15) is 12.6 Å². The zero-order valence-corrected chi connectivity index (χ0v) is 20.6. The van der Waals surface area contributed by atoms with Crippen molar-refractivity contribution in [2.45, 2.75) is 18.3 Å². The molecule has 17 heteroatoms. The summed E-state index contributed by atoms with van der Waals surface area (Å²) in [6, 6.07) is -1.30. The number of thioether (sulfide) groups is 1. The molecule has 0 radical (unpaired) electrons. The van der Waals surface area contributed by atoms with Crippen LogP contribution in [-0.2, 0) is 29.5 Å². The van der Waals surface area contributed by atoms with Gasteiger partial charge in [-0.3, -0.25) is 14.4 Å². The normalized spacial score (nSPS) is 18.8. The van der Waals surface area contributed by atoms with Gasteiger partial charge in [0.15, 0.2) is 21.1 Å². The van der Waals surface area contributed by atoms with Crippen molar-refractivity contribution < 1.29 is 61.7 Å². The number of nitrogen functional groups attached to an aromatic ring is 1. The second-order valence-electron chi connectivity index (χ2n) is 5.48. The fourth-order valence-corrected chi connectivity index (χ4v) is 5.11. The van der Waals surface area contributed by atoms with E-state index in [4.69, 9.17) is 5.73 Å². The molecule has 0 saturated carbocycles. The monoisotopic (exact) mass is 488 g/mol. The van der Waals surface area contributed by atoms with Crippen LogP contribution in [0.2, 0.25) is 0 Å². The standard InChI is InChI=1S/C13H18N6O7S3.Na/c1-6(20)15-3-4-27-12-9(11(22)19(12)29(23,24)25)17-10(21)8(18-26-2)7-5-28-13(14)16-7;/h5,9,12H,3-4H2,1-2H3,(H2,14,16)(H,15,20)(H,17,21)(H,23,24,25);/q;+1/p-1/t9-,12-;/m1./s1. The predicted octanol–water partition coefficient (Wildman–Crippen LogP) is -4.94. The molecule has 1 fully saturated rings. The number of rotatable bonds is 9. The van der Waals surface area contributed by atoms with E-state index >= 15 is 0 Å². The average Bonchev–Trinajstić information content (AvgIpc) is 3.04. The van der Waals surface area contributed by atoms with Crippen LogP contribution in [0.25, 0.3) is 0 Å². The van der Waals surface area contributed by atoms with Crippen molar-refractivity contribution in [1.29, 1.82) is 0 Å². The van der Waals surface area contributed by atoms with Gasteiger partial charge < -0.3 is 25.8 Å². The minimum atomic E-state index is -5.07. The summed E-state index contributed by atoms with van der Waals surface area (Å²) in [5.41, 5.74) is 5.36. The molecule has 30 heavy (non-hydrogen) atoms. The Morgan fingerprint density at radius 1 is 1.50 bits per heavy atom. The number of aromatic nitrogens is 1. The molecule has 0 aromatic carbocycles. The van der Waals surface area contributed by atoms with Crippen molar-refractivity contribution in [3.05, 3.63) is 11.1 Å². The maximum absolute atomic E-state index is 12.6. The van der Waals surface area contributed by atoms with Crippen molar-refractivity contribution in [2.75, 3.05) is 25.1 Å². The number of nitrogens with one attached hydrogen (secondary N) is 2. The SMILES string of the molecule is CON=C(C(=O)N[C@@H]1C(=O)N(S(=O)(=O)[O-])[C@@H]1SCCNC(C)=O)c1csc(N)n1.[Na+]. The Kier molecular flexibility index (Phi) is 9.99. The molecule has 1 aromatic heterocycles. The first-order valence-electron chi connectivity index (χ1n) is 7.84. The fourth-order valence-electron chi connectivity index (χ4n) is 2.28. The molecule has 4 N–H and O–H groups in total. The molecule has 2 rings (SSSR count). The zero-order valence-electron chi connectivity index (χ0n) is 16.1. The first-order valence-corrected chi connectivity index (χ1v) is 11.1. The van der Waals surface area contributed by atoms with E-state index in [1.54, 1.807) is 0 Å². The van der Waals surface area contributed by atoms with Gasteiger partial charge in [0.2, 0.25) is 5.91 Å². The van der Waals surface area contributed by atoms with E-state index in [-0.39, 0.29) is 68.6 Å². The summed E-state index contributed by atoms with van der Waals surface area (Å²) in [5.74, 6) is -2.06. The maximum Gasteiger partial charge on any atom is 1.00 e. The van der Waals surface area contributed by atoms with Crippen molar-refractivity contribution in [2.24, 2.45) is 5.16 Å². The number of carbonyl (C=O) groups is 3. The van der Waals surface area contributed by atoms with Gasteiger partial charge >= 0.3 is 29.6 Å². The maximum atomic E-state index is 12.6.